The molecule has 0 radical (unpaired) electrons. The minimum atomic E-state index is -2.49. The second kappa shape index (κ2) is 4.49. The van der Waals surface area contributed by atoms with E-state index >= 15 is 0 Å². The van der Waals surface area contributed by atoms with E-state index in [1.807, 2.05) is 0 Å². The summed E-state index contributed by atoms with van der Waals surface area (Å²) in [7, 11) is 0. The minimum absolute atomic E-state index is 0.0605. The first kappa shape index (κ1) is 12.1. The highest BCUT2D eigenvalue weighted by Gasteiger charge is 2.45. The van der Waals surface area contributed by atoms with Gasteiger partial charge in [0, 0.05) is 23.2 Å². The maximum Gasteiger partial charge on any atom is 0.248 e. The molecule has 0 unspecified atom stereocenters. The molecule has 1 aliphatic carbocycles. The van der Waals surface area contributed by atoms with Crippen LogP contribution in [-0.2, 0) is 0 Å². The highest BCUT2D eigenvalue weighted by molar-refractivity contribution is 9.10. The van der Waals surface area contributed by atoms with E-state index < -0.39 is 5.92 Å². The van der Waals surface area contributed by atoms with E-state index in [0.29, 0.717) is 17.4 Å². The second-order valence-electron chi connectivity index (χ2n) is 4.02. The highest BCUT2D eigenvalue weighted by atomic mass is 79.9. The van der Waals surface area contributed by atoms with Crippen molar-refractivity contribution in [3.05, 3.63) is 27.7 Å². The number of alkyl halides is 2. The van der Waals surface area contributed by atoms with Crippen LogP contribution in [-0.4, -0.2) is 12.5 Å². The maximum absolute atomic E-state index is 12.6. The molecule has 88 valence electrons. The smallest absolute Gasteiger partial charge is 0.248 e. The van der Waals surface area contributed by atoms with E-state index in [0.717, 1.165) is 4.47 Å². The Morgan fingerprint density at radius 3 is 2.69 bits per heavy atom. The first-order valence-electron chi connectivity index (χ1n) is 4.92. The zero-order valence-corrected chi connectivity index (χ0v) is 10.7. The van der Waals surface area contributed by atoms with Gasteiger partial charge < -0.3 is 4.74 Å². The van der Waals surface area contributed by atoms with Gasteiger partial charge >= 0.3 is 0 Å². The van der Waals surface area contributed by atoms with Crippen LogP contribution in [0.3, 0.4) is 0 Å². The van der Waals surface area contributed by atoms with Crippen molar-refractivity contribution in [3.63, 3.8) is 0 Å². The standard InChI is InChI=1S/C11H10BrClF2O/c12-8-1-2-10(9(13)3-8)16-6-7-4-11(14,15)5-7/h1-3,7H,4-6H2. The average molecular weight is 312 g/mol. The first-order valence-corrected chi connectivity index (χ1v) is 6.09. The molecule has 0 saturated heterocycles. The lowest BCUT2D eigenvalue weighted by Crippen LogP contribution is -2.38. The summed E-state index contributed by atoms with van der Waals surface area (Å²) in [4.78, 5) is 0. The van der Waals surface area contributed by atoms with E-state index in [9.17, 15) is 8.78 Å². The summed E-state index contributed by atoms with van der Waals surface area (Å²) >= 11 is 9.20. The topological polar surface area (TPSA) is 9.23 Å². The summed E-state index contributed by atoms with van der Waals surface area (Å²) < 4.78 is 31.4. The van der Waals surface area contributed by atoms with E-state index in [1.54, 1.807) is 18.2 Å². The summed E-state index contributed by atoms with van der Waals surface area (Å²) in [6.07, 6.45) is -0.164. The molecule has 0 aromatic heterocycles. The molecule has 1 saturated carbocycles. The molecule has 0 heterocycles. The molecule has 2 rings (SSSR count). The fourth-order valence-electron chi connectivity index (χ4n) is 1.70. The van der Waals surface area contributed by atoms with E-state index in [1.165, 1.54) is 0 Å². The summed E-state index contributed by atoms with van der Waals surface area (Å²) in [5.74, 6) is -2.01. The number of hydrogen-bond donors (Lipinski definition) is 0. The summed E-state index contributed by atoms with van der Waals surface area (Å²) in [5, 5.41) is 0.487. The van der Waals surface area contributed by atoms with Gasteiger partial charge in [-0.2, -0.15) is 0 Å². The zero-order chi connectivity index (χ0) is 11.8. The molecule has 0 N–H and O–H groups in total. The van der Waals surface area contributed by atoms with Gasteiger partial charge in [-0.3, -0.25) is 0 Å². The predicted octanol–water partition coefficient (Wildman–Crippen LogP) is 4.53. The van der Waals surface area contributed by atoms with Crippen LogP contribution < -0.4 is 4.74 Å². The van der Waals surface area contributed by atoms with Crippen LogP contribution in [0.15, 0.2) is 22.7 Å². The Balaban J connectivity index is 1.86. The SMILES string of the molecule is FC1(F)CC(COc2ccc(Br)cc2Cl)C1. The van der Waals surface area contributed by atoms with Crippen LogP contribution in [0.4, 0.5) is 8.78 Å². The number of ether oxygens (including phenoxy) is 1. The number of hydrogen-bond acceptors (Lipinski definition) is 1. The van der Waals surface area contributed by atoms with Gasteiger partial charge in [0.15, 0.2) is 0 Å². The van der Waals surface area contributed by atoms with Crippen LogP contribution in [0.5, 0.6) is 5.75 Å². The summed E-state index contributed by atoms with van der Waals surface area (Å²) in [6, 6.07) is 5.24. The average Bonchev–Trinajstić information content (AvgIpc) is 2.13. The third-order valence-electron chi connectivity index (χ3n) is 2.54. The molecule has 16 heavy (non-hydrogen) atoms. The molecule has 0 atom stereocenters. The Morgan fingerprint density at radius 1 is 1.44 bits per heavy atom. The van der Waals surface area contributed by atoms with Crippen LogP contribution in [0.25, 0.3) is 0 Å². The lowest BCUT2D eigenvalue weighted by molar-refractivity contribution is -0.119. The molecule has 1 aromatic rings. The van der Waals surface area contributed by atoms with Crippen molar-refractivity contribution in [2.45, 2.75) is 18.8 Å². The van der Waals surface area contributed by atoms with Gasteiger partial charge in [-0.25, -0.2) is 8.78 Å². The third kappa shape index (κ3) is 2.86. The van der Waals surface area contributed by atoms with Gasteiger partial charge in [0.1, 0.15) is 5.75 Å². The van der Waals surface area contributed by atoms with Crippen molar-refractivity contribution in [1.82, 2.24) is 0 Å². The molecular weight excluding hydrogens is 301 g/mol. The van der Waals surface area contributed by atoms with E-state index in [4.69, 9.17) is 16.3 Å². The normalized spacial score (nSPS) is 19.2. The van der Waals surface area contributed by atoms with Gasteiger partial charge in [-0.1, -0.05) is 27.5 Å². The number of rotatable bonds is 3. The van der Waals surface area contributed by atoms with Crippen LogP contribution in [0.1, 0.15) is 12.8 Å². The number of halogens is 4. The molecule has 0 spiro atoms. The monoisotopic (exact) mass is 310 g/mol. The predicted molar refractivity (Wildman–Crippen MR) is 62.3 cm³/mol. The molecule has 5 heteroatoms. The van der Waals surface area contributed by atoms with Gasteiger partial charge in [0.05, 0.1) is 11.6 Å². The maximum atomic E-state index is 12.6. The van der Waals surface area contributed by atoms with Crippen molar-refractivity contribution >= 4 is 27.5 Å². The summed E-state index contributed by atoms with van der Waals surface area (Å²) in [5.41, 5.74) is 0. The van der Waals surface area contributed by atoms with Crippen molar-refractivity contribution in [2.75, 3.05) is 6.61 Å². The van der Waals surface area contributed by atoms with Crippen LogP contribution >= 0.6 is 27.5 Å². The largest absolute Gasteiger partial charge is 0.492 e. The molecule has 0 bridgehead atoms. The fraction of sp³-hybridized carbons (Fsp3) is 0.455. The summed E-state index contributed by atoms with van der Waals surface area (Å²) in [6.45, 7) is 0.303. The molecule has 1 fully saturated rings. The molecule has 1 aliphatic rings. The Labute approximate surface area is 106 Å². The fourth-order valence-corrected chi connectivity index (χ4v) is 2.43. The molecule has 0 amide bonds. The van der Waals surface area contributed by atoms with Crippen molar-refractivity contribution in [2.24, 2.45) is 5.92 Å². The van der Waals surface area contributed by atoms with Crippen LogP contribution in [0.2, 0.25) is 5.02 Å². The second-order valence-corrected chi connectivity index (χ2v) is 5.34. The molecule has 0 aliphatic heterocycles. The lowest BCUT2D eigenvalue weighted by Gasteiger charge is -2.34. The molecule has 1 nitrogen and oxygen atoms in total. The first-order chi connectivity index (χ1) is 7.46. The van der Waals surface area contributed by atoms with Crippen molar-refractivity contribution < 1.29 is 13.5 Å². The van der Waals surface area contributed by atoms with Crippen molar-refractivity contribution in [3.8, 4) is 5.75 Å². The Kier molecular flexibility index (Phi) is 3.40. The Morgan fingerprint density at radius 2 is 2.12 bits per heavy atom. The molecular formula is C11H10BrClF2O. The zero-order valence-electron chi connectivity index (χ0n) is 8.35. The number of benzene rings is 1. The van der Waals surface area contributed by atoms with E-state index in [2.05, 4.69) is 15.9 Å². The highest BCUT2D eigenvalue weighted by Crippen LogP contribution is 2.42. The van der Waals surface area contributed by atoms with Crippen molar-refractivity contribution in [1.29, 1.82) is 0 Å². The molecule has 1 aromatic carbocycles. The minimum Gasteiger partial charge on any atom is -0.492 e. The quantitative estimate of drug-likeness (QED) is 0.797. The van der Waals surface area contributed by atoms with Crippen LogP contribution in [0, 0.1) is 5.92 Å². The van der Waals surface area contributed by atoms with Gasteiger partial charge in [-0.15, -0.1) is 0 Å². The van der Waals surface area contributed by atoms with E-state index in [-0.39, 0.29) is 18.8 Å². The lowest BCUT2D eigenvalue weighted by atomic mass is 9.82. The Bertz CT molecular complexity index is 390. The van der Waals surface area contributed by atoms with Gasteiger partial charge in [-0.05, 0) is 18.2 Å². The van der Waals surface area contributed by atoms with Gasteiger partial charge in [0.2, 0.25) is 5.92 Å². The van der Waals surface area contributed by atoms with Gasteiger partial charge in [0.25, 0.3) is 0 Å². The Hall–Kier alpha value is -0.350. The third-order valence-corrected chi connectivity index (χ3v) is 3.33.